The second-order valence-corrected chi connectivity index (χ2v) is 4.17. The quantitative estimate of drug-likeness (QED) is 0.456. The Morgan fingerprint density at radius 1 is 1.50 bits per heavy atom. The van der Waals surface area contributed by atoms with Crippen LogP contribution in [0, 0.1) is 0 Å². The second kappa shape index (κ2) is 2.90. The van der Waals surface area contributed by atoms with Gasteiger partial charge in [0.15, 0.2) is 5.88 Å². The lowest BCUT2D eigenvalue weighted by Crippen LogP contribution is -2.45. The maximum absolute atomic E-state index is 10.3. The summed E-state index contributed by atoms with van der Waals surface area (Å²) in [5.41, 5.74) is 0. The molecule has 0 amide bonds. The van der Waals surface area contributed by atoms with E-state index in [9.17, 15) is 8.42 Å². The van der Waals surface area contributed by atoms with Gasteiger partial charge < -0.3 is 4.39 Å². The summed E-state index contributed by atoms with van der Waals surface area (Å²) in [5.74, 6) is -0.274. The molecule has 0 aromatic heterocycles. The lowest BCUT2D eigenvalue weighted by molar-refractivity contribution is -0.765. The zero-order chi connectivity index (χ0) is 8.41. The summed E-state index contributed by atoms with van der Waals surface area (Å²) in [5, 5.41) is 0. The zero-order valence-corrected chi connectivity index (χ0v) is 7.22. The van der Waals surface area contributed by atoms with Crippen LogP contribution >= 0.6 is 0 Å². The van der Waals surface area contributed by atoms with Gasteiger partial charge in [0, 0.05) is 14.1 Å². The highest BCUT2D eigenvalue weighted by atomic mass is 32.2. The molecule has 0 aromatic rings. The Bertz CT molecular complexity index is 199. The zero-order valence-electron chi connectivity index (χ0n) is 6.40. The Hall–Kier alpha value is -0.0651. The number of hydrogen-bond acceptors (Lipinski definition) is 2. The van der Waals surface area contributed by atoms with Crippen LogP contribution in [-0.2, 0) is 10.1 Å². The smallest absolute Gasteiger partial charge is 0.385 e. The van der Waals surface area contributed by atoms with Gasteiger partial charge in [-0.2, -0.15) is 8.42 Å². The number of rotatable bonds is 3. The van der Waals surface area contributed by atoms with Crippen LogP contribution in [0.4, 0.5) is 0 Å². The van der Waals surface area contributed by atoms with Gasteiger partial charge in [0.1, 0.15) is 0 Å². The molecular formula is C4H12BNO3S+. The highest BCUT2D eigenvalue weighted by molar-refractivity contribution is 7.85. The predicted octanol–water partition coefficient (Wildman–Crippen LogP) is -0.425. The number of hydrogen-bond donors (Lipinski definition) is 1. The fourth-order valence-electron chi connectivity index (χ4n) is 0.495. The summed E-state index contributed by atoms with van der Waals surface area (Å²) < 4.78 is 29.2. The van der Waals surface area contributed by atoms with E-state index in [1.807, 2.05) is 0 Å². The summed E-state index contributed by atoms with van der Waals surface area (Å²) in [6.45, 7) is 1.74. The Morgan fingerprint density at radius 3 is 2.00 bits per heavy atom. The van der Waals surface area contributed by atoms with Crippen molar-refractivity contribution in [2.75, 3.05) is 20.0 Å². The summed E-state index contributed by atoms with van der Waals surface area (Å²) in [4.78, 5) is 0. The predicted molar refractivity (Wildman–Crippen MR) is 40.1 cm³/mol. The molecule has 0 atom stereocenters. The van der Waals surface area contributed by atoms with Crippen molar-refractivity contribution < 1.29 is 17.4 Å². The molecule has 0 rings (SSSR count). The Balaban J connectivity index is 4.16. The average molecular weight is 165 g/mol. The monoisotopic (exact) mass is 165 g/mol. The van der Waals surface area contributed by atoms with Crippen LogP contribution in [0.2, 0.25) is 6.82 Å². The Kier molecular flexibility index (Phi) is 2.88. The van der Waals surface area contributed by atoms with Crippen LogP contribution < -0.4 is 0 Å². The van der Waals surface area contributed by atoms with Crippen molar-refractivity contribution in [3.63, 3.8) is 0 Å². The summed E-state index contributed by atoms with van der Waals surface area (Å²) in [7, 11) is 1.21. The van der Waals surface area contributed by atoms with Gasteiger partial charge >= 0.3 is 17.5 Å². The minimum absolute atomic E-state index is 0.166. The van der Waals surface area contributed by atoms with Gasteiger partial charge in [-0.1, -0.05) is 0 Å². The third-order valence-corrected chi connectivity index (χ3v) is 2.19. The van der Waals surface area contributed by atoms with Crippen molar-refractivity contribution in [1.29, 1.82) is 0 Å². The molecule has 0 spiro atoms. The topological polar surface area (TPSA) is 54.4 Å². The first kappa shape index (κ1) is 9.93. The van der Waals surface area contributed by atoms with E-state index in [1.54, 1.807) is 28.3 Å². The van der Waals surface area contributed by atoms with Crippen molar-refractivity contribution in [1.82, 2.24) is 0 Å². The summed E-state index contributed by atoms with van der Waals surface area (Å²) >= 11 is 0. The minimum atomic E-state index is -3.85. The molecule has 0 bridgehead atoms. The summed E-state index contributed by atoms with van der Waals surface area (Å²) in [6.07, 6.45) is 0. The molecule has 0 saturated heterocycles. The highest BCUT2D eigenvalue weighted by Gasteiger charge is 2.21. The van der Waals surface area contributed by atoms with Gasteiger partial charge in [0.2, 0.25) is 0 Å². The standard InChI is InChI=1S/C4H12BNO3S/c1-5-6(2,3)4-10(7,8)9/h4H2,1-3H3,(H,7,8,9)/q+1. The molecule has 0 aromatic carbocycles. The van der Waals surface area contributed by atoms with Crippen molar-refractivity contribution in [2.45, 2.75) is 6.82 Å². The van der Waals surface area contributed by atoms with E-state index >= 15 is 0 Å². The van der Waals surface area contributed by atoms with E-state index in [2.05, 4.69) is 0 Å². The SMILES string of the molecule is C[B][N+](C)(C)CS(=O)(=O)O. The Labute approximate surface area is 62.4 Å². The lowest BCUT2D eigenvalue weighted by atomic mass is 9.94. The molecule has 0 aliphatic rings. The van der Waals surface area contributed by atoms with E-state index in [-0.39, 0.29) is 10.3 Å². The van der Waals surface area contributed by atoms with Crippen molar-refractivity contribution in [2.24, 2.45) is 0 Å². The molecule has 1 radical (unpaired) electrons. The van der Waals surface area contributed by atoms with Crippen LogP contribution in [0.15, 0.2) is 0 Å². The molecule has 59 valence electrons. The van der Waals surface area contributed by atoms with Crippen LogP contribution in [0.5, 0.6) is 0 Å². The van der Waals surface area contributed by atoms with E-state index < -0.39 is 10.1 Å². The molecule has 6 heteroatoms. The van der Waals surface area contributed by atoms with Crippen LogP contribution in [-0.4, -0.2) is 44.8 Å². The molecule has 1 N–H and O–H groups in total. The van der Waals surface area contributed by atoms with Crippen LogP contribution in [0.3, 0.4) is 0 Å². The summed E-state index contributed by atoms with van der Waals surface area (Å²) in [6, 6.07) is 0. The maximum Gasteiger partial charge on any atom is 0.443 e. The van der Waals surface area contributed by atoms with E-state index in [4.69, 9.17) is 4.55 Å². The van der Waals surface area contributed by atoms with Gasteiger partial charge in [-0.3, -0.25) is 4.55 Å². The molecule has 0 saturated carbocycles. The minimum Gasteiger partial charge on any atom is -0.385 e. The Morgan fingerprint density at radius 2 is 1.90 bits per heavy atom. The molecule has 0 aliphatic heterocycles. The second-order valence-electron chi connectivity index (χ2n) is 2.75. The first-order valence-corrected chi connectivity index (χ1v) is 4.46. The molecule has 0 aliphatic carbocycles. The molecule has 0 unspecified atom stereocenters. The first-order valence-electron chi connectivity index (χ1n) is 2.85. The molecule has 0 heterocycles. The molecule has 10 heavy (non-hydrogen) atoms. The third-order valence-electron chi connectivity index (χ3n) is 1.19. The van der Waals surface area contributed by atoms with Crippen LogP contribution in [0.25, 0.3) is 0 Å². The normalized spacial score (nSPS) is 13.2. The van der Waals surface area contributed by atoms with Gasteiger partial charge in [0.05, 0.1) is 0 Å². The van der Waals surface area contributed by atoms with Gasteiger partial charge in [-0.05, 0) is 6.82 Å². The number of nitrogens with zero attached hydrogens (tertiary/aromatic N) is 1. The average Bonchev–Trinajstić information content (AvgIpc) is 1.60. The van der Waals surface area contributed by atoms with Crippen LogP contribution in [0.1, 0.15) is 0 Å². The largest absolute Gasteiger partial charge is 0.443 e. The molecular weight excluding hydrogens is 153 g/mol. The highest BCUT2D eigenvalue weighted by Crippen LogP contribution is 1.96. The van der Waals surface area contributed by atoms with Crippen molar-refractivity contribution in [3.8, 4) is 0 Å². The first-order chi connectivity index (χ1) is 4.27. The fraction of sp³-hybridized carbons (Fsp3) is 1.00. The van der Waals surface area contributed by atoms with E-state index in [0.29, 0.717) is 0 Å². The maximum atomic E-state index is 10.3. The number of quaternary nitrogens is 1. The van der Waals surface area contributed by atoms with Gasteiger partial charge in [-0.15, -0.1) is 0 Å². The third kappa shape index (κ3) is 4.78. The van der Waals surface area contributed by atoms with Crippen molar-refractivity contribution in [3.05, 3.63) is 0 Å². The van der Waals surface area contributed by atoms with E-state index in [0.717, 1.165) is 0 Å². The lowest BCUT2D eigenvalue weighted by Gasteiger charge is -2.25. The molecule has 4 nitrogen and oxygen atoms in total. The van der Waals surface area contributed by atoms with Gasteiger partial charge in [-0.25, -0.2) is 0 Å². The van der Waals surface area contributed by atoms with Gasteiger partial charge in [0.25, 0.3) is 0 Å². The fourth-order valence-corrected chi connectivity index (χ4v) is 1.49. The van der Waals surface area contributed by atoms with E-state index in [1.165, 1.54) is 0 Å². The molecule has 0 fully saturated rings. The van der Waals surface area contributed by atoms with Crippen molar-refractivity contribution >= 4 is 17.5 Å².